The molecule has 0 aliphatic heterocycles. The topological polar surface area (TPSA) is 44.0 Å². The van der Waals surface area contributed by atoms with Crippen molar-refractivity contribution in [2.75, 3.05) is 0 Å². The minimum atomic E-state index is 0.249. The zero-order chi connectivity index (χ0) is 15.3. The maximum absolute atomic E-state index is 9.72. The number of nitrogens with zero attached hydrogens (tertiary/aromatic N) is 1. The van der Waals surface area contributed by atoms with Crippen molar-refractivity contribution in [1.82, 2.24) is 0 Å². The maximum atomic E-state index is 9.72. The lowest BCUT2D eigenvalue weighted by atomic mass is 9.53. The zero-order valence-corrected chi connectivity index (χ0v) is 13.1. The van der Waals surface area contributed by atoms with Crippen molar-refractivity contribution in [3.8, 4) is 6.07 Å². The van der Waals surface area contributed by atoms with E-state index in [1.165, 1.54) is 30.4 Å². The lowest BCUT2D eigenvalue weighted by molar-refractivity contribution is 0.0420. The van der Waals surface area contributed by atoms with Crippen molar-refractivity contribution in [3.05, 3.63) is 47.3 Å². The van der Waals surface area contributed by atoms with Crippen LogP contribution in [-0.2, 0) is 0 Å². The van der Waals surface area contributed by atoms with Crippen molar-refractivity contribution in [2.45, 2.75) is 39.0 Å². The molecule has 0 spiro atoms. The van der Waals surface area contributed by atoms with Gasteiger partial charge in [-0.1, -0.05) is 24.6 Å². The summed E-state index contributed by atoms with van der Waals surface area (Å²) in [6.07, 6.45) is 16.1. The summed E-state index contributed by atoms with van der Waals surface area (Å²) in [6, 6.07) is 2.27. The fourth-order valence-corrected chi connectivity index (χ4v) is 5.75. The molecule has 0 amide bonds. The SMILES string of the molecule is C[C@]12CC[C@H]3[C@@H](CC=C4C=C(O)C=C[C@@H]43)[C@@H]1CC/C2=C/C#N. The first-order chi connectivity index (χ1) is 10.6. The molecule has 2 nitrogen and oxygen atoms in total. The van der Waals surface area contributed by atoms with Crippen LogP contribution in [0.15, 0.2) is 47.3 Å². The van der Waals surface area contributed by atoms with E-state index in [0.717, 1.165) is 24.7 Å². The number of hydrogen-bond donors (Lipinski definition) is 1. The third kappa shape index (κ3) is 1.85. The lowest BCUT2D eigenvalue weighted by Gasteiger charge is -2.51. The Balaban J connectivity index is 1.68. The first kappa shape index (κ1) is 13.9. The monoisotopic (exact) mass is 293 g/mol. The van der Waals surface area contributed by atoms with E-state index in [-0.39, 0.29) is 5.41 Å². The predicted molar refractivity (Wildman–Crippen MR) is 86.8 cm³/mol. The average molecular weight is 293 g/mol. The minimum absolute atomic E-state index is 0.249. The molecule has 4 rings (SSSR count). The summed E-state index contributed by atoms with van der Waals surface area (Å²) in [5.41, 5.74) is 2.96. The molecule has 4 aliphatic rings. The number of allylic oxidation sites excluding steroid dienone is 7. The molecule has 0 aromatic rings. The molecule has 0 radical (unpaired) electrons. The molecule has 0 bridgehead atoms. The Hall–Kier alpha value is -1.75. The molecule has 5 atom stereocenters. The molecule has 1 N–H and O–H groups in total. The van der Waals surface area contributed by atoms with Gasteiger partial charge in [0, 0.05) is 12.0 Å². The standard InChI is InChI=1S/C20H23NO/c1-20-10-8-17-16-6-4-15(22)12-13(16)2-5-18(17)19(20)7-3-14(20)9-11-21/h2,4,6,9,12,16-19,22H,3,5,7-8,10H2,1H3/b14-9-/t16-,17+,18+,19-,20+/m0/s1. The fraction of sp³-hybridized carbons (Fsp3) is 0.550. The van der Waals surface area contributed by atoms with Crippen LogP contribution in [0, 0.1) is 40.4 Å². The van der Waals surface area contributed by atoms with Gasteiger partial charge in [-0.2, -0.15) is 5.26 Å². The van der Waals surface area contributed by atoms with E-state index >= 15 is 0 Å². The normalized spacial score (nSPS) is 44.5. The molecule has 0 heterocycles. The molecule has 0 aromatic carbocycles. The largest absolute Gasteiger partial charge is 0.508 e. The predicted octanol–water partition coefficient (Wildman–Crippen LogP) is 4.84. The van der Waals surface area contributed by atoms with Crippen LogP contribution in [0.1, 0.15) is 39.0 Å². The quantitative estimate of drug-likeness (QED) is 0.650. The molecule has 0 saturated heterocycles. The van der Waals surface area contributed by atoms with Crippen LogP contribution in [-0.4, -0.2) is 5.11 Å². The summed E-state index contributed by atoms with van der Waals surface area (Å²) in [6.45, 7) is 2.39. The van der Waals surface area contributed by atoms with Crippen molar-refractivity contribution in [2.24, 2.45) is 29.1 Å². The van der Waals surface area contributed by atoms with Crippen LogP contribution < -0.4 is 0 Å². The highest BCUT2D eigenvalue weighted by atomic mass is 16.3. The Morgan fingerprint density at radius 2 is 2.23 bits per heavy atom. The fourth-order valence-electron chi connectivity index (χ4n) is 5.75. The Labute approximate surface area is 132 Å². The second-order valence-corrected chi connectivity index (χ2v) is 7.62. The molecular weight excluding hydrogens is 270 g/mol. The number of aliphatic hydroxyl groups excluding tert-OH is 1. The summed E-state index contributed by atoms with van der Waals surface area (Å²) in [4.78, 5) is 0. The molecule has 22 heavy (non-hydrogen) atoms. The Morgan fingerprint density at radius 1 is 1.36 bits per heavy atom. The van der Waals surface area contributed by atoms with Crippen molar-refractivity contribution >= 4 is 0 Å². The van der Waals surface area contributed by atoms with Gasteiger partial charge in [-0.15, -0.1) is 0 Å². The first-order valence-electron chi connectivity index (χ1n) is 8.51. The van der Waals surface area contributed by atoms with Gasteiger partial charge in [0.1, 0.15) is 5.76 Å². The van der Waals surface area contributed by atoms with Crippen LogP contribution in [0.25, 0.3) is 0 Å². The number of hydrogen-bond acceptors (Lipinski definition) is 2. The van der Waals surface area contributed by atoms with E-state index in [4.69, 9.17) is 5.26 Å². The van der Waals surface area contributed by atoms with Crippen molar-refractivity contribution < 1.29 is 5.11 Å². The molecule has 2 saturated carbocycles. The number of fused-ring (bicyclic) bond motifs is 5. The first-order valence-corrected chi connectivity index (χ1v) is 8.51. The van der Waals surface area contributed by atoms with Crippen LogP contribution >= 0.6 is 0 Å². The van der Waals surface area contributed by atoms with Gasteiger partial charge < -0.3 is 5.11 Å². The van der Waals surface area contributed by atoms with E-state index in [2.05, 4.69) is 25.1 Å². The second-order valence-electron chi connectivity index (χ2n) is 7.62. The molecule has 4 aliphatic carbocycles. The van der Waals surface area contributed by atoms with E-state index in [1.54, 1.807) is 0 Å². The Bertz CT molecular complexity index is 660. The molecular formula is C20H23NO. The summed E-state index contributed by atoms with van der Waals surface area (Å²) < 4.78 is 0. The minimum Gasteiger partial charge on any atom is -0.508 e. The highest BCUT2D eigenvalue weighted by molar-refractivity contribution is 5.39. The lowest BCUT2D eigenvalue weighted by Crippen LogP contribution is -2.43. The number of nitriles is 1. The second kappa shape index (κ2) is 4.88. The van der Waals surface area contributed by atoms with E-state index < -0.39 is 0 Å². The average Bonchev–Trinajstić information content (AvgIpc) is 2.84. The Morgan fingerprint density at radius 3 is 3.05 bits per heavy atom. The summed E-state index contributed by atoms with van der Waals surface area (Å²) in [5.74, 6) is 3.04. The van der Waals surface area contributed by atoms with Gasteiger partial charge in [0.2, 0.25) is 0 Å². The van der Waals surface area contributed by atoms with E-state index in [0.29, 0.717) is 17.6 Å². The van der Waals surface area contributed by atoms with Gasteiger partial charge in [-0.05, 0) is 73.0 Å². The van der Waals surface area contributed by atoms with Gasteiger partial charge in [0.05, 0.1) is 6.07 Å². The van der Waals surface area contributed by atoms with E-state index in [1.807, 2.05) is 18.2 Å². The zero-order valence-electron chi connectivity index (χ0n) is 13.1. The molecule has 0 aromatic heterocycles. The third-order valence-electron chi connectivity index (χ3n) is 6.84. The summed E-state index contributed by atoms with van der Waals surface area (Å²) in [5, 5.41) is 18.8. The molecule has 2 fully saturated rings. The van der Waals surface area contributed by atoms with Crippen LogP contribution in [0.5, 0.6) is 0 Å². The summed E-state index contributed by atoms with van der Waals surface area (Å²) in [7, 11) is 0. The smallest absolute Gasteiger partial charge is 0.115 e. The Kier molecular flexibility index (Phi) is 3.08. The maximum Gasteiger partial charge on any atom is 0.115 e. The van der Waals surface area contributed by atoms with Crippen molar-refractivity contribution in [1.29, 1.82) is 5.26 Å². The van der Waals surface area contributed by atoms with Crippen molar-refractivity contribution in [3.63, 3.8) is 0 Å². The van der Waals surface area contributed by atoms with Crippen LogP contribution in [0.4, 0.5) is 0 Å². The van der Waals surface area contributed by atoms with Crippen LogP contribution in [0.2, 0.25) is 0 Å². The van der Waals surface area contributed by atoms with Gasteiger partial charge in [-0.3, -0.25) is 0 Å². The third-order valence-corrected chi connectivity index (χ3v) is 6.84. The van der Waals surface area contributed by atoms with Crippen LogP contribution in [0.3, 0.4) is 0 Å². The molecule has 114 valence electrons. The number of rotatable bonds is 0. The molecule has 0 unspecified atom stereocenters. The van der Waals surface area contributed by atoms with Gasteiger partial charge in [0.25, 0.3) is 0 Å². The summed E-state index contributed by atoms with van der Waals surface area (Å²) >= 11 is 0. The van der Waals surface area contributed by atoms with Gasteiger partial charge in [-0.25, -0.2) is 0 Å². The number of aliphatic hydroxyl groups is 1. The molecule has 2 heteroatoms. The highest BCUT2D eigenvalue weighted by Crippen LogP contribution is 2.62. The van der Waals surface area contributed by atoms with E-state index in [9.17, 15) is 5.11 Å². The van der Waals surface area contributed by atoms with Gasteiger partial charge >= 0.3 is 0 Å². The van der Waals surface area contributed by atoms with Gasteiger partial charge in [0.15, 0.2) is 0 Å². The highest BCUT2D eigenvalue weighted by Gasteiger charge is 2.53.